The van der Waals surface area contributed by atoms with Crippen molar-refractivity contribution in [3.8, 4) is 0 Å². The molecule has 144 valence electrons. The Morgan fingerprint density at radius 3 is 2.56 bits per heavy atom. The van der Waals surface area contributed by atoms with Gasteiger partial charge in [0.1, 0.15) is 5.78 Å². The van der Waals surface area contributed by atoms with Crippen LogP contribution >= 0.6 is 11.8 Å². The highest BCUT2D eigenvalue weighted by Gasteiger charge is 2.23. The van der Waals surface area contributed by atoms with Gasteiger partial charge in [0.25, 0.3) is 5.91 Å². The molecule has 2 heterocycles. The van der Waals surface area contributed by atoms with Crippen LogP contribution in [0.1, 0.15) is 51.0 Å². The first-order valence-electron chi connectivity index (χ1n) is 9.78. The number of anilines is 1. The first-order valence-corrected chi connectivity index (χ1v) is 10.6. The van der Waals surface area contributed by atoms with Gasteiger partial charge in [-0.05, 0) is 42.0 Å². The van der Waals surface area contributed by atoms with Crippen LogP contribution in [-0.4, -0.2) is 36.5 Å². The van der Waals surface area contributed by atoms with E-state index in [1.165, 1.54) is 31.0 Å². The molecule has 2 fully saturated rings. The van der Waals surface area contributed by atoms with Crippen LogP contribution in [0, 0.1) is 0 Å². The van der Waals surface area contributed by atoms with E-state index in [2.05, 4.69) is 34.3 Å². The number of piperidine rings is 1. The molecule has 0 atom stereocenters. The lowest BCUT2D eigenvalue weighted by Crippen LogP contribution is -2.33. The molecule has 5 nitrogen and oxygen atoms in total. The summed E-state index contributed by atoms with van der Waals surface area (Å²) in [6.07, 6.45) is 7.86. The molecule has 27 heavy (non-hydrogen) atoms. The van der Waals surface area contributed by atoms with Gasteiger partial charge in [-0.1, -0.05) is 38.3 Å². The van der Waals surface area contributed by atoms with Crippen LogP contribution in [0.4, 0.5) is 5.69 Å². The molecule has 1 amide bonds. The van der Waals surface area contributed by atoms with Crippen molar-refractivity contribution >= 4 is 40.4 Å². The number of rotatable bonds is 7. The number of hydrogen-bond acceptors (Lipinski definition) is 5. The summed E-state index contributed by atoms with van der Waals surface area (Å²) in [7, 11) is 0. The molecule has 2 aliphatic rings. The fourth-order valence-electron chi connectivity index (χ4n) is 3.17. The first-order chi connectivity index (χ1) is 13.2. The van der Waals surface area contributed by atoms with E-state index in [0.29, 0.717) is 28.7 Å². The number of Topliss-reactive ketones (excluding diaryl/α,β-unsaturated/α-hetero) is 1. The average molecular weight is 386 g/mol. The van der Waals surface area contributed by atoms with Crippen LogP contribution in [0.25, 0.3) is 6.08 Å². The standard InChI is InChI=1S/C21H27N3O2S/c1-2-3-4-5-12-22-21-23-20(26)19(27-21)15-16-6-8-17(9-7-16)24-13-10-18(25)11-14-24/h6-9,15H,2-5,10-14H2,1H3,(H,22,23,26)/b19-15+. The van der Waals surface area contributed by atoms with Gasteiger partial charge in [-0.2, -0.15) is 0 Å². The fourth-order valence-corrected chi connectivity index (χ4v) is 4.01. The Hall–Kier alpha value is -2.08. The van der Waals surface area contributed by atoms with E-state index in [4.69, 9.17) is 0 Å². The maximum atomic E-state index is 12.1. The molecule has 1 aromatic carbocycles. The third-order valence-corrected chi connectivity index (χ3v) is 5.74. The van der Waals surface area contributed by atoms with Crippen LogP contribution in [0.5, 0.6) is 0 Å². The summed E-state index contributed by atoms with van der Waals surface area (Å²) in [6, 6.07) is 8.16. The largest absolute Gasteiger partial charge is 0.371 e. The molecule has 2 saturated heterocycles. The van der Waals surface area contributed by atoms with Crippen molar-refractivity contribution in [3.05, 3.63) is 34.7 Å². The third-order valence-electron chi connectivity index (χ3n) is 4.80. The minimum absolute atomic E-state index is 0.0778. The quantitative estimate of drug-likeness (QED) is 0.569. The summed E-state index contributed by atoms with van der Waals surface area (Å²) in [5.74, 6) is 0.269. The summed E-state index contributed by atoms with van der Waals surface area (Å²) in [5, 5.41) is 3.55. The van der Waals surface area contributed by atoms with Crippen molar-refractivity contribution in [2.24, 2.45) is 4.99 Å². The number of ketones is 1. The molecule has 0 aliphatic carbocycles. The second kappa shape index (κ2) is 9.74. The summed E-state index contributed by atoms with van der Waals surface area (Å²) in [6.45, 7) is 4.53. The number of hydrogen-bond donors (Lipinski definition) is 1. The Morgan fingerprint density at radius 2 is 1.85 bits per heavy atom. The molecule has 0 bridgehead atoms. The molecular formula is C21H27N3O2S. The van der Waals surface area contributed by atoms with E-state index in [-0.39, 0.29) is 5.91 Å². The minimum atomic E-state index is -0.0778. The van der Waals surface area contributed by atoms with E-state index in [1.54, 1.807) is 0 Å². The monoisotopic (exact) mass is 385 g/mol. The van der Waals surface area contributed by atoms with E-state index in [0.717, 1.165) is 37.3 Å². The summed E-state index contributed by atoms with van der Waals surface area (Å²) in [5.41, 5.74) is 2.12. The van der Waals surface area contributed by atoms with Crippen LogP contribution in [0.3, 0.4) is 0 Å². The number of unbranched alkanes of at least 4 members (excludes halogenated alkanes) is 3. The smallest absolute Gasteiger partial charge is 0.264 e. The molecule has 0 radical (unpaired) electrons. The Labute approximate surface area is 165 Å². The molecule has 2 aliphatic heterocycles. The normalized spacial score (nSPS) is 20.6. The zero-order valence-electron chi connectivity index (χ0n) is 15.9. The highest BCUT2D eigenvalue weighted by molar-refractivity contribution is 8.18. The first kappa shape index (κ1) is 19.7. The van der Waals surface area contributed by atoms with Gasteiger partial charge in [-0.3, -0.25) is 14.6 Å². The van der Waals surface area contributed by atoms with Crippen LogP contribution in [0.15, 0.2) is 34.2 Å². The van der Waals surface area contributed by atoms with Crippen molar-refractivity contribution in [1.82, 2.24) is 5.32 Å². The molecule has 1 N–H and O–H groups in total. The molecule has 0 saturated carbocycles. The molecule has 3 rings (SSSR count). The maximum absolute atomic E-state index is 12.1. The zero-order valence-corrected chi connectivity index (χ0v) is 16.7. The lowest BCUT2D eigenvalue weighted by atomic mass is 10.1. The van der Waals surface area contributed by atoms with Crippen molar-refractivity contribution in [3.63, 3.8) is 0 Å². The Bertz CT molecular complexity index is 730. The second-order valence-corrected chi connectivity index (χ2v) is 7.96. The van der Waals surface area contributed by atoms with Gasteiger partial charge in [-0.25, -0.2) is 0 Å². The lowest BCUT2D eigenvalue weighted by molar-refractivity contribution is -0.119. The van der Waals surface area contributed by atoms with Gasteiger partial charge in [-0.15, -0.1) is 0 Å². The highest BCUT2D eigenvalue weighted by Crippen LogP contribution is 2.27. The van der Waals surface area contributed by atoms with E-state index >= 15 is 0 Å². The lowest BCUT2D eigenvalue weighted by Gasteiger charge is -2.28. The van der Waals surface area contributed by atoms with E-state index in [1.807, 2.05) is 18.2 Å². The number of amides is 1. The number of thioether (sulfide) groups is 1. The highest BCUT2D eigenvalue weighted by atomic mass is 32.2. The molecule has 0 spiro atoms. The molecule has 0 aromatic heterocycles. The summed E-state index contributed by atoms with van der Waals surface area (Å²) >= 11 is 1.41. The Kier molecular flexibility index (Phi) is 7.10. The number of nitrogens with one attached hydrogen (secondary N) is 1. The van der Waals surface area contributed by atoms with Gasteiger partial charge in [0.05, 0.1) is 4.91 Å². The predicted octanol–water partition coefficient (Wildman–Crippen LogP) is 4.00. The van der Waals surface area contributed by atoms with Crippen LogP contribution in [-0.2, 0) is 9.59 Å². The summed E-state index contributed by atoms with van der Waals surface area (Å²) < 4.78 is 0. The number of carbonyl (C=O) groups is 2. The Morgan fingerprint density at radius 1 is 1.11 bits per heavy atom. The number of carbonyl (C=O) groups excluding carboxylic acids is 2. The van der Waals surface area contributed by atoms with Gasteiger partial charge in [0, 0.05) is 38.2 Å². The molecule has 6 heteroatoms. The second-order valence-electron chi connectivity index (χ2n) is 6.93. The molecule has 1 aromatic rings. The summed E-state index contributed by atoms with van der Waals surface area (Å²) in [4.78, 5) is 30.9. The zero-order chi connectivity index (χ0) is 19.1. The van der Waals surface area contributed by atoms with Gasteiger partial charge in [0.15, 0.2) is 5.17 Å². The topological polar surface area (TPSA) is 61.8 Å². The predicted molar refractivity (Wildman–Crippen MR) is 113 cm³/mol. The van der Waals surface area contributed by atoms with Crippen molar-refractivity contribution in [2.75, 3.05) is 24.5 Å². The molecule has 0 unspecified atom stereocenters. The number of aliphatic imine (C=N–C) groups is 1. The van der Waals surface area contributed by atoms with Gasteiger partial charge < -0.3 is 10.2 Å². The SMILES string of the molecule is CCCCCCN=C1NC(=O)/C(=C\c2ccc(N3CCC(=O)CC3)cc2)S1. The third kappa shape index (κ3) is 5.70. The van der Waals surface area contributed by atoms with Gasteiger partial charge in [0.2, 0.25) is 0 Å². The van der Waals surface area contributed by atoms with E-state index < -0.39 is 0 Å². The Balaban J connectivity index is 1.57. The van der Waals surface area contributed by atoms with E-state index in [9.17, 15) is 9.59 Å². The van der Waals surface area contributed by atoms with Crippen molar-refractivity contribution in [2.45, 2.75) is 45.4 Å². The average Bonchev–Trinajstić information content (AvgIpc) is 3.02. The van der Waals surface area contributed by atoms with Crippen molar-refractivity contribution in [1.29, 1.82) is 0 Å². The number of amidine groups is 1. The maximum Gasteiger partial charge on any atom is 0.264 e. The fraction of sp³-hybridized carbons (Fsp3) is 0.476. The minimum Gasteiger partial charge on any atom is -0.371 e. The number of benzene rings is 1. The number of nitrogens with zero attached hydrogens (tertiary/aromatic N) is 2. The van der Waals surface area contributed by atoms with Crippen LogP contribution in [0.2, 0.25) is 0 Å². The van der Waals surface area contributed by atoms with Crippen LogP contribution < -0.4 is 10.2 Å². The molecular weight excluding hydrogens is 358 g/mol. The van der Waals surface area contributed by atoms with Crippen molar-refractivity contribution < 1.29 is 9.59 Å². The van der Waals surface area contributed by atoms with Gasteiger partial charge >= 0.3 is 0 Å².